The second-order valence-electron chi connectivity index (χ2n) is 7.88. The number of ether oxygens (including phenoxy) is 1. The molecule has 0 aliphatic carbocycles. The number of hydrogen-bond acceptors (Lipinski definition) is 4. The lowest BCUT2D eigenvalue weighted by atomic mass is 9.91. The molecule has 0 saturated carbocycles. The summed E-state index contributed by atoms with van der Waals surface area (Å²) in [6.07, 6.45) is 1.08. The van der Waals surface area contributed by atoms with E-state index in [1.807, 2.05) is 13.8 Å². The molecule has 2 N–H and O–H groups in total. The van der Waals surface area contributed by atoms with Crippen molar-refractivity contribution >= 4 is 28.6 Å². The lowest BCUT2D eigenvalue weighted by Crippen LogP contribution is -2.50. The minimum absolute atomic E-state index is 0.107. The van der Waals surface area contributed by atoms with Crippen molar-refractivity contribution in [1.29, 1.82) is 0 Å². The van der Waals surface area contributed by atoms with Crippen LogP contribution in [0.25, 0.3) is 22.2 Å². The maximum absolute atomic E-state index is 13.5. The molecule has 0 saturated heterocycles. The number of halogens is 2. The number of aromatic nitrogens is 2. The summed E-state index contributed by atoms with van der Waals surface area (Å²) < 4.78 is 19.3. The Kier molecular flexibility index (Phi) is 6.41. The van der Waals surface area contributed by atoms with Crippen LogP contribution in [0.15, 0.2) is 42.6 Å². The SMILES string of the molecule is CC(C)CC(C)(COc1ccc(-c2ccnc3cc(F)ccc23)nc1Cl)NC(=O)O. The Morgan fingerprint density at radius 3 is 2.73 bits per heavy atom. The van der Waals surface area contributed by atoms with E-state index in [-0.39, 0.29) is 23.5 Å². The molecule has 0 aliphatic rings. The number of fused-ring (bicyclic) bond motifs is 1. The van der Waals surface area contributed by atoms with Gasteiger partial charge in [-0.3, -0.25) is 4.98 Å². The highest BCUT2D eigenvalue weighted by Gasteiger charge is 2.29. The first-order valence-electron chi connectivity index (χ1n) is 9.52. The van der Waals surface area contributed by atoms with E-state index in [9.17, 15) is 9.18 Å². The zero-order valence-electron chi connectivity index (χ0n) is 16.9. The average Bonchev–Trinajstić information content (AvgIpc) is 2.65. The Morgan fingerprint density at radius 2 is 2.07 bits per heavy atom. The van der Waals surface area contributed by atoms with Crippen LogP contribution in [0.3, 0.4) is 0 Å². The fourth-order valence-corrected chi connectivity index (χ4v) is 3.77. The van der Waals surface area contributed by atoms with Crippen LogP contribution < -0.4 is 10.1 Å². The second kappa shape index (κ2) is 8.83. The number of benzene rings is 1. The molecular weight excluding hydrogens is 409 g/mol. The molecule has 0 spiro atoms. The summed E-state index contributed by atoms with van der Waals surface area (Å²) in [5.74, 6) is 0.263. The monoisotopic (exact) mass is 431 g/mol. The molecule has 8 heteroatoms. The molecule has 2 aromatic heterocycles. The van der Waals surface area contributed by atoms with Crippen LogP contribution in [0.1, 0.15) is 27.2 Å². The lowest BCUT2D eigenvalue weighted by Gasteiger charge is -2.31. The average molecular weight is 432 g/mol. The van der Waals surface area contributed by atoms with E-state index in [1.54, 1.807) is 37.4 Å². The van der Waals surface area contributed by atoms with Gasteiger partial charge in [-0.2, -0.15) is 0 Å². The van der Waals surface area contributed by atoms with Gasteiger partial charge in [0.05, 0.1) is 16.7 Å². The van der Waals surface area contributed by atoms with Crippen LogP contribution in [0.4, 0.5) is 9.18 Å². The number of nitrogens with zero attached hydrogens (tertiary/aromatic N) is 2. The minimum Gasteiger partial charge on any atom is -0.488 e. The summed E-state index contributed by atoms with van der Waals surface area (Å²) in [5, 5.41) is 12.6. The van der Waals surface area contributed by atoms with Crippen molar-refractivity contribution in [3.8, 4) is 17.0 Å². The molecule has 6 nitrogen and oxygen atoms in total. The molecule has 1 atom stereocenters. The van der Waals surface area contributed by atoms with Crippen molar-refractivity contribution in [3.05, 3.63) is 53.6 Å². The summed E-state index contributed by atoms with van der Waals surface area (Å²) in [6, 6.07) is 9.62. The van der Waals surface area contributed by atoms with Gasteiger partial charge >= 0.3 is 6.09 Å². The number of nitrogens with one attached hydrogen (secondary N) is 1. The van der Waals surface area contributed by atoms with Crippen LogP contribution in [-0.2, 0) is 0 Å². The van der Waals surface area contributed by atoms with E-state index in [1.165, 1.54) is 12.1 Å². The van der Waals surface area contributed by atoms with Gasteiger partial charge in [0, 0.05) is 23.2 Å². The molecule has 3 aromatic rings. The van der Waals surface area contributed by atoms with Crippen molar-refractivity contribution < 1.29 is 19.0 Å². The van der Waals surface area contributed by atoms with Gasteiger partial charge in [0.2, 0.25) is 0 Å². The van der Waals surface area contributed by atoms with E-state index < -0.39 is 11.6 Å². The Morgan fingerprint density at radius 1 is 1.30 bits per heavy atom. The molecular formula is C22H23ClFN3O3. The predicted molar refractivity (Wildman–Crippen MR) is 114 cm³/mol. The van der Waals surface area contributed by atoms with E-state index in [4.69, 9.17) is 21.4 Å². The molecule has 1 amide bonds. The van der Waals surface area contributed by atoms with Gasteiger partial charge in [-0.05, 0) is 49.6 Å². The summed E-state index contributed by atoms with van der Waals surface area (Å²) >= 11 is 6.35. The van der Waals surface area contributed by atoms with Crippen molar-refractivity contribution in [2.24, 2.45) is 5.92 Å². The first-order chi connectivity index (χ1) is 14.2. The van der Waals surface area contributed by atoms with Gasteiger partial charge in [0.25, 0.3) is 0 Å². The second-order valence-corrected chi connectivity index (χ2v) is 8.24. The van der Waals surface area contributed by atoms with Gasteiger partial charge in [0.1, 0.15) is 12.4 Å². The lowest BCUT2D eigenvalue weighted by molar-refractivity contribution is 0.143. The third-order valence-corrected chi connectivity index (χ3v) is 4.88. The molecule has 0 aliphatic heterocycles. The molecule has 1 unspecified atom stereocenters. The van der Waals surface area contributed by atoms with Gasteiger partial charge in [-0.25, -0.2) is 14.2 Å². The Balaban J connectivity index is 1.85. The summed E-state index contributed by atoms with van der Waals surface area (Å²) in [7, 11) is 0. The molecule has 1 aromatic carbocycles. The molecule has 30 heavy (non-hydrogen) atoms. The minimum atomic E-state index is -1.11. The van der Waals surface area contributed by atoms with Crippen LogP contribution in [0, 0.1) is 11.7 Å². The maximum Gasteiger partial charge on any atom is 0.405 e. The Hall–Kier alpha value is -2.93. The Labute approximate surface area is 179 Å². The topological polar surface area (TPSA) is 84.3 Å². The highest BCUT2D eigenvalue weighted by molar-refractivity contribution is 6.31. The normalized spacial score (nSPS) is 13.3. The van der Waals surface area contributed by atoms with Crippen molar-refractivity contribution in [2.45, 2.75) is 32.7 Å². The summed E-state index contributed by atoms with van der Waals surface area (Å²) in [5.41, 5.74) is 1.12. The summed E-state index contributed by atoms with van der Waals surface area (Å²) in [6.45, 7) is 5.92. The molecule has 0 radical (unpaired) electrons. The first kappa shape index (κ1) is 21.8. The number of pyridine rings is 2. The maximum atomic E-state index is 13.5. The molecule has 0 fully saturated rings. The summed E-state index contributed by atoms with van der Waals surface area (Å²) in [4.78, 5) is 19.8. The fraction of sp³-hybridized carbons (Fsp3) is 0.318. The van der Waals surface area contributed by atoms with Gasteiger partial charge in [-0.15, -0.1) is 0 Å². The van der Waals surface area contributed by atoms with E-state index in [0.717, 1.165) is 10.9 Å². The standard InChI is InChI=1S/C22H23ClFN3O3/c1-13(2)11-22(3,27-21(28)29)12-30-19-7-6-17(26-20(19)23)16-8-9-25-18-10-14(24)4-5-15(16)18/h4-10,13,27H,11-12H2,1-3H3,(H,28,29). The number of carbonyl (C=O) groups is 1. The van der Waals surface area contributed by atoms with Crippen molar-refractivity contribution in [3.63, 3.8) is 0 Å². The quantitative estimate of drug-likeness (QED) is 0.480. The Bertz CT molecular complexity index is 1080. The molecule has 2 heterocycles. The number of amides is 1. The van der Waals surface area contributed by atoms with Crippen molar-refractivity contribution in [2.75, 3.05) is 6.61 Å². The number of rotatable bonds is 7. The smallest absolute Gasteiger partial charge is 0.405 e. The third-order valence-electron chi connectivity index (χ3n) is 4.61. The van der Waals surface area contributed by atoms with Crippen LogP contribution >= 0.6 is 11.6 Å². The van der Waals surface area contributed by atoms with E-state index in [2.05, 4.69) is 15.3 Å². The highest BCUT2D eigenvalue weighted by atomic mass is 35.5. The van der Waals surface area contributed by atoms with E-state index in [0.29, 0.717) is 23.4 Å². The van der Waals surface area contributed by atoms with Crippen molar-refractivity contribution in [1.82, 2.24) is 15.3 Å². The highest BCUT2D eigenvalue weighted by Crippen LogP contribution is 2.31. The van der Waals surface area contributed by atoms with E-state index >= 15 is 0 Å². The zero-order chi connectivity index (χ0) is 21.9. The van der Waals surface area contributed by atoms with Crippen LogP contribution in [0.5, 0.6) is 5.75 Å². The molecule has 0 bridgehead atoms. The fourth-order valence-electron chi connectivity index (χ4n) is 3.57. The van der Waals surface area contributed by atoms with Gasteiger partial charge in [-0.1, -0.05) is 25.4 Å². The zero-order valence-corrected chi connectivity index (χ0v) is 17.7. The third kappa shape index (κ3) is 5.16. The van der Waals surface area contributed by atoms with Crippen LogP contribution in [0.2, 0.25) is 5.15 Å². The predicted octanol–water partition coefficient (Wildman–Crippen LogP) is 5.54. The van der Waals surface area contributed by atoms with Crippen LogP contribution in [-0.4, -0.2) is 33.3 Å². The largest absolute Gasteiger partial charge is 0.488 e. The first-order valence-corrected chi connectivity index (χ1v) is 9.90. The molecule has 158 valence electrons. The number of carboxylic acid groups (broad SMARTS) is 1. The number of hydrogen-bond donors (Lipinski definition) is 2. The van der Waals surface area contributed by atoms with Gasteiger partial charge in [0.15, 0.2) is 10.9 Å². The molecule has 3 rings (SSSR count). The van der Waals surface area contributed by atoms with Gasteiger partial charge < -0.3 is 15.2 Å².